The van der Waals surface area contributed by atoms with Gasteiger partial charge in [-0.05, 0) is 75.0 Å². The minimum Gasteiger partial charge on any atom is -0.486 e. The van der Waals surface area contributed by atoms with Crippen LogP contribution in [-0.4, -0.2) is 39.4 Å². The number of nitrogens with zero attached hydrogens (tertiary/aromatic N) is 2. The van der Waals surface area contributed by atoms with Gasteiger partial charge in [-0.1, -0.05) is 30.2 Å². The number of fused-ring (bicyclic) bond motifs is 1. The fraction of sp³-hybridized carbons (Fsp3) is 0.440. The van der Waals surface area contributed by atoms with Crippen molar-refractivity contribution < 1.29 is 27.8 Å². The van der Waals surface area contributed by atoms with E-state index in [1.807, 2.05) is 24.3 Å². The Hall–Kier alpha value is -2.78. The van der Waals surface area contributed by atoms with Gasteiger partial charge in [-0.15, -0.1) is 0 Å². The molecule has 0 aliphatic carbocycles. The van der Waals surface area contributed by atoms with E-state index in [4.69, 9.17) is 31.2 Å². The number of hydrogen-bond donors (Lipinski definition) is 2. The van der Waals surface area contributed by atoms with Crippen LogP contribution in [0, 0.1) is 6.92 Å². The van der Waals surface area contributed by atoms with Crippen molar-refractivity contribution in [2.24, 2.45) is 0 Å². The number of aryl methyl sites for hydroxylation is 2. The van der Waals surface area contributed by atoms with Gasteiger partial charge in [0.25, 0.3) is 0 Å². The lowest BCUT2D eigenvalue weighted by Crippen LogP contribution is -2.34. The largest absolute Gasteiger partial charge is 0.490 e. The Balaban J connectivity index is 0.000000429. The van der Waals surface area contributed by atoms with Gasteiger partial charge in [-0.25, -0.2) is 9.78 Å². The fourth-order valence-corrected chi connectivity index (χ4v) is 4.17. The van der Waals surface area contributed by atoms with Gasteiger partial charge < -0.3 is 19.7 Å². The first-order valence-electron chi connectivity index (χ1n) is 11.5. The number of rotatable bonds is 7. The molecular weight excluding hydrogens is 483 g/mol. The van der Waals surface area contributed by atoms with Crippen molar-refractivity contribution in [3.8, 4) is 5.75 Å². The summed E-state index contributed by atoms with van der Waals surface area (Å²) < 4.78 is 40.1. The van der Waals surface area contributed by atoms with Gasteiger partial charge in [-0.2, -0.15) is 13.2 Å². The number of nitrogens with one attached hydrogen (secondary N) is 1. The Morgan fingerprint density at radius 2 is 1.94 bits per heavy atom. The zero-order valence-electron chi connectivity index (χ0n) is 19.4. The summed E-state index contributed by atoms with van der Waals surface area (Å²) in [7, 11) is 0. The molecule has 2 N–H and O–H groups in total. The number of piperidine rings is 1. The smallest absolute Gasteiger partial charge is 0.486 e. The molecule has 2 aromatic carbocycles. The molecule has 1 aromatic heterocycles. The maximum absolute atomic E-state index is 10.6. The third-order valence-electron chi connectivity index (χ3n) is 5.83. The molecule has 190 valence electrons. The van der Waals surface area contributed by atoms with E-state index >= 15 is 0 Å². The molecule has 1 saturated heterocycles. The van der Waals surface area contributed by atoms with Crippen LogP contribution in [0.4, 0.5) is 13.2 Å². The van der Waals surface area contributed by atoms with Gasteiger partial charge in [0.1, 0.15) is 18.2 Å². The van der Waals surface area contributed by atoms with E-state index in [-0.39, 0.29) is 0 Å². The second-order valence-corrected chi connectivity index (χ2v) is 8.89. The molecule has 1 aliphatic heterocycles. The molecule has 10 heteroatoms. The molecule has 35 heavy (non-hydrogen) atoms. The maximum atomic E-state index is 10.6. The summed E-state index contributed by atoms with van der Waals surface area (Å²) in [6, 6.07) is 14.6. The second-order valence-electron chi connectivity index (χ2n) is 8.46. The molecule has 0 saturated carbocycles. The monoisotopic (exact) mass is 511 g/mol. The van der Waals surface area contributed by atoms with Crippen LogP contribution in [0.1, 0.15) is 43.5 Å². The van der Waals surface area contributed by atoms with Crippen molar-refractivity contribution in [1.82, 2.24) is 14.9 Å². The number of para-hydroxylation sites is 1. The Morgan fingerprint density at radius 1 is 1.23 bits per heavy atom. The topological polar surface area (TPSA) is 76.4 Å². The molecule has 1 unspecified atom stereocenters. The van der Waals surface area contributed by atoms with E-state index in [0.29, 0.717) is 17.7 Å². The average molecular weight is 512 g/mol. The van der Waals surface area contributed by atoms with Crippen molar-refractivity contribution >= 4 is 28.6 Å². The van der Waals surface area contributed by atoms with Gasteiger partial charge in [0.15, 0.2) is 0 Å². The molecule has 1 atom stereocenters. The van der Waals surface area contributed by atoms with Crippen LogP contribution in [0.5, 0.6) is 5.75 Å². The predicted octanol–water partition coefficient (Wildman–Crippen LogP) is 6.13. The first kappa shape index (κ1) is 26.8. The van der Waals surface area contributed by atoms with Crippen molar-refractivity contribution in [2.75, 3.05) is 6.54 Å². The highest BCUT2D eigenvalue weighted by Crippen LogP contribution is 2.23. The predicted molar refractivity (Wildman–Crippen MR) is 129 cm³/mol. The number of carboxylic acid groups (broad SMARTS) is 1. The van der Waals surface area contributed by atoms with Crippen LogP contribution >= 0.6 is 11.6 Å². The lowest BCUT2D eigenvalue weighted by molar-refractivity contribution is -0.192. The number of aliphatic carboxylic acids is 1. The van der Waals surface area contributed by atoms with Crippen LogP contribution in [0.25, 0.3) is 11.0 Å². The zero-order chi connectivity index (χ0) is 25.4. The molecule has 6 nitrogen and oxygen atoms in total. The molecule has 0 radical (unpaired) electrons. The van der Waals surface area contributed by atoms with E-state index in [0.717, 1.165) is 36.6 Å². The van der Waals surface area contributed by atoms with E-state index in [1.165, 1.54) is 36.8 Å². The Morgan fingerprint density at radius 3 is 2.57 bits per heavy atom. The standard InChI is InChI=1S/C23H28ClN3O.C2HF3O2/c1-17-6-4-9-21-23(17)26-22(16-28-20-12-10-18(24)11-13-20)27(21)15-5-8-19-7-2-3-14-25-19;3-2(4,5)1(6)7/h4,6,9-13,19,25H,2-3,5,7-8,14-16H2,1H3;(H,6,7). The summed E-state index contributed by atoms with van der Waals surface area (Å²) in [4.78, 5) is 13.8. The molecule has 1 fully saturated rings. The number of ether oxygens (including phenoxy) is 1. The van der Waals surface area contributed by atoms with E-state index in [9.17, 15) is 13.2 Å². The quantitative estimate of drug-likeness (QED) is 0.399. The highest BCUT2D eigenvalue weighted by atomic mass is 35.5. The lowest BCUT2D eigenvalue weighted by Gasteiger charge is -2.23. The number of alkyl halides is 3. The van der Waals surface area contributed by atoms with Crippen LogP contribution in [0.15, 0.2) is 42.5 Å². The summed E-state index contributed by atoms with van der Waals surface area (Å²) in [6.45, 7) is 4.71. The number of imidazole rings is 1. The molecule has 2 heterocycles. The number of carbonyl (C=O) groups is 1. The zero-order valence-corrected chi connectivity index (χ0v) is 20.2. The lowest BCUT2D eigenvalue weighted by atomic mass is 10.0. The van der Waals surface area contributed by atoms with Crippen LogP contribution in [-0.2, 0) is 17.9 Å². The summed E-state index contributed by atoms with van der Waals surface area (Å²) >= 11 is 5.97. The van der Waals surface area contributed by atoms with Crippen molar-refractivity contribution in [2.45, 2.75) is 64.4 Å². The van der Waals surface area contributed by atoms with Gasteiger partial charge in [0, 0.05) is 17.6 Å². The fourth-order valence-electron chi connectivity index (χ4n) is 4.04. The highest BCUT2D eigenvalue weighted by Gasteiger charge is 2.38. The van der Waals surface area contributed by atoms with Crippen LogP contribution in [0.3, 0.4) is 0 Å². The highest BCUT2D eigenvalue weighted by molar-refractivity contribution is 6.30. The van der Waals surface area contributed by atoms with Gasteiger partial charge in [-0.3, -0.25) is 0 Å². The normalized spacial score (nSPS) is 16.0. The van der Waals surface area contributed by atoms with Crippen LogP contribution in [0.2, 0.25) is 5.02 Å². The third-order valence-corrected chi connectivity index (χ3v) is 6.08. The van der Waals surface area contributed by atoms with E-state index in [1.54, 1.807) is 0 Å². The van der Waals surface area contributed by atoms with Crippen molar-refractivity contribution in [3.63, 3.8) is 0 Å². The SMILES string of the molecule is Cc1cccc2c1nc(COc1ccc(Cl)cc1)n2CCCC1CCCCN1.O=C(O)C(F)(F)F. The summed E-state index contributed by atoms with van der Waals surface area (Å²) in [5.74, 6) is -0.963. The summed E-state index contributed by atoms with van der Waals surface area (Å²) in [5.41, 5.74) is 3.48. The summed E-state index contributed by atoms with van der Waals surface area (Å²) in [6.07, 6.45) is 1.24. The third kappa shape index (κ3) is 7.86. The van der Waals surface area contributed by atoms with E-state index < -0.39 is 12.1 Å². The maximum Gasteiger partial charge on any atom is 0.490 e. The first-order valence-corrected chi connectivity index (χ1v) is 11.9. The summed E-state index contributed by atoms with van der Waals surface area (Å²) in [5, 5.41) is 11.5. The number of halogens is 4. The molecule has 0 spiro atoms. The second kappa shape index (κ2) is 12.3. The molecule has 0 amide bonds. The number of hydrogen-bond acceptors (Lipinski definition) is 4. The number of carboxylic acids is 1. The molecule has 3 aromatic rings. The molecule has 1 aliphatic rings. The van der Waals surface area contributed by atoms with Crippen LogP contribution < -0.4 is 10.1 Å². The molecular formula is C25H29ClF3N3O3. The minimum atomic E-state index is -5.08. The minimum absolute atomic E-state index is 0.456. The van der Waals surface area contributed by atoms with Gasteiger partial charge in [0.2, 0.25) is 0 Å². The van der Waals surface area contributed by atoms with Gasteiger partial charge in [0.05, 0.1) is 11.0 Å². The average Bonchev–Trinajstić information content (AvgIpc) is 3.18. The number of aromatic nitrogens is 2. The molecule has 0 bridgehead atoms. The Bertz CT molecular complexity index is 1110. The number of benzene rings is 2. The Labute approximate surface area is 207 Å². The molecule has 4 rings (SSSR count). The van der Waals surface area contributed by atoms with Crippen molar-refractivity contribution in [3.05, 3.63) is 58.9 Å². The Kier molecular flexibility index (Phi) is 9.40. The van der Waals surface area contributed by atoms with E-state index in [2.05, 4.69) is 35.0 Å². The first-order chi connectivity index (χ1) is 16.6. The van der Waals surface area contributed by atoms with Crippen molar-refractivity contribution in [1.29, 1.82) is 0 Å². The van der Waals surface area contributed by atoms with Gasteiger partial charge >= 0.3 is 12.1 Å².